The van der Waals surface area contributed by atoms with Crippen molar-refractivity contribution in [2.24, 2.45) is 5.92 Å². The van der Waals surface area contributed by atoms with Gasteiger partial charge in [-0.2, -0.15) is 9.65 Å². The molecule has 1 rings (SSSR count). The standard InChI is InChI=1S/C12H11F3N2O2/c1-5(2)8(4-16)17-12(19)6-3-7(13)10(15)11(18)9(6)14/h3,5,8,18H,1-2H3,(H,17,19). The Hall–Kier alpha value is -2.23. The molecule has 0 aliphatic carbocycles. The Morgan fingerprint density at radius 1 is 1.37 bits per heavy atom. The number of hydrogen-bond donors (Lipinski definition) is 2. The topological polar surface area (TPSA) is 73.1 Å². The minimum atomic E-state index is -1.77. The van der Waals surface area contributed by atoms with E-state index in [9.17, 15) is 18.0 Å². The van der Waals surface area contributed by atoms with Crippen molar-refractivity contribution in [3.63, 3.8) is 0 Å². The number of nitrogens with one attached hydrogen (secondary N) is 1. The van der Waals surface area contributed by atoms with Gasteiger partial charge in [0.15, 0.2) is 17.4 Å². The quantitative estimate of drug-likeness (QED) is 0.827. The third-order valence-electron chi connectivity index (χ3n) is 2.47. The van der Waals surface area contributed by atoms with Crippen LogP contribution in [0, 0.1) is 34.7 Å². The SMILES string of the molecule is CC(C)C(C#N)NC(=O)c1cc(F)c(F)c(O)c1F. The average Bonchev–Trinajstić information content (AvgIpc) is 2.36. The van der Waals surface area contributed by atoms with E-state index in [1.165, 1.54) is 0 Å². The summed E-state index contributed by atoms with van der Waals surface area (Å²) in [5.74, 6) is -7.82. The van der Waals surface area contributed by atoms with Crippen LogP contribution in [0.2, 0.25) is 0 Å². The molecule has 1 aromatic rings. The largest absolute Gasteiger partial charge is 0.503 e. The summed E-state index contributed by atoms with van der Waals surface area (Å²) in [6, 6.07) is 1.19. The van der Waals surface area contributed by atoms with Gasteiger partial charge in [0.1, 0.15) is 6.04 Å². The van der Waals surface area contributed by atoms with Gasteiger partial charge in [0, 0.05) is 0 Å². The first-order valence-electron chi connectivity index (χ1n) is 5.36. The highest BCUT2D eigenvalue weighted by Gasteiger charge is 2.24. The number of benzene rings is 1. The minimum Gasteiger partial charge on any atom is -0.503 e. The maximum Gasteiger partial charge on any atom is 0.255 e. The molecule has 0 fully saturated rings. The zero-order valence-corrected chi connectivity index (χ0v) is 10.2. The number of rotatable bonds is 3. The maximum atomic E-state index is 13.4. The van der Waals surface area contributed by atoms with Crippen molar-refractivity contribution in [3.8, 4) is 11.8 Å². The number of phenols is 1. The Balaban J connectivity index is 3.12. The Morgan fingerprint density at radius 2 is 1.95 bits per heavy atom. The molecule has 0 aliphatic rings. The average molecular weight is 272 g/mol. The summed E-state index contributed by atoms with van der Waals surface area (Å²) in [5, 5.41) is 19.9. The van der Waals surface area contributed by atoms with Crippen LogP contribution in [0.25, 0.3) is 0 Å². The van der Waals surface area contributed by atoms with E-state index in [2.05, 4.69) is 5.32 Å². The van der Waals surface area contributed by atoms with Gasteiger partial charge in [-0.05, 0) is 12.0 Å². The number of nitriles is 1. The monoisotopic (exact) mass is 272 g/mol. The lowest BCUT2D eigenvalue weighted by atomic mass is 10.1. The Bertz CT molecular complexity index is 553. The van der Waals surface area contributed by atoms with E-state index in [1.807, 2.05) is 0 Å². The van der Waals surface area contributed by atoms with E-state index in [0.29, 0.717) is 6.07 Å². The summed E-state index contributed by atoms with van der Waals surface area (Å²) in [5.41, 5.74) is -0.864. The molecule has 0 saturated carbocycles. The zero-order chi connectivity index (χ0) is 14.7. The predicted octanol–water partition coefficient (Wildman–Crippen LogP) is 2.09. The fourth-order valence-corrected chi connectivity index (χ4v) is 1.32. The molecule has 1 unspecified atom stereocenters. The molecule has 7 heteroatoms. The molecule has 2 N–H and O–H groups in total. The van der Waals surface area contributed by atoms with E-state index < -0.39 is 40.7 Å². The van der Waals surface area contributed by atoms with Crippen molar-refractivity contribution >= 4 is 5.91 Å². The number of carbonyl (C=O) groups excluding carboxylic acids is 1. The summed E-state index contributed by atoms with van der Waals surface area (Å²) >= 11 is 0. The van der Waals surface area contributed by atoms with E-state index in [-0.39, 0.29) is 5.92 Å². The van der Waals surface area contributed by atoms with Gasteiger partial charge in [-0.25, -0.2) is 8.78 Å². The molecule has 0 saturated heterocycles. The first-order chi connectivity index (χ1) is 8.79. The second kappa shape index (κ2) is 5.61. The molecule has 102 valence electrons. The first-order valence-corrected chi connectivity index (χ1v) is 5.36. The van der Waals surface area contributed by atoms with Gasteiger partial charge < -0.3 is 10.4 Å². The number of aromatic hydroxyl groups is 1. The number of halogens is 3. The Morgan fingerprint density at radius 3 is 2.42 bits per heavy atom. The Kier molecular flexibility index (Phi) is 4.38. The highest BCUT2D eigenvalue weighted by atomic mass is 19.2. The van der Waals surface area contributed by atoms with Crippen LogP contribution in [-0.4, -0.2) is 17.1 Å². The molecule has 0 bridgehead atoms. The number of carbonyl (C=O) groups is 1. The van der Waals surface area contributed by atoms with Crippen molar-refractivity contribution in [3.05, 3.63) is 29.1 Å². The molecule has 0 aromatic heterocycles. The third-order valence-corrected chi connectivity index (χ3v) is 2.47. The van der Waals surface area contributed by atoms with Gasteiger partial charge in [-0.3, -0.25) is 4.79 Å². The summed E-state index contributed by atoms with van der Waals surface area (Å²) in [4.78, 5) is 11.7. The lowest BCUT2D eigenvalue weighted by Crippen LogP contribution is -2.37. The molecular formula is C12H11F3N2O2. The number of nitrogens with zero attached hydrogens (tertiary/aromatic N) is 1. The van der Waals surface area contributed by atoms with Crippen LogP contribution in [0.15, 0.2) is 6.07 Å². The normalized spacial score (nSPS) is 12.1. The number of hydrogen-bond acceptors (Lipinski definition) is 3. The second-order valence-corrected chi connectivity index (χ2v) is 4.21. The smallest absolute Gasteiger partial charge is 0.255 e. The molecule has 0 spiro atoms. The molecule has 0 aliphatic heterocycles. The van der Waals surface area contributed by atoms with Crippen LogP contribution in [0.4, 0.5) is 13.2 Å². The number of amides is 1. The molecular weight excluding hydrogens is 261 g/mol. The van der Waals surface area contributed by atoms with Gasteiger partial charge in [-0.15, -0.1) is 0 Å². The molecule has 0 radical (unpaired) electrons. The molecule has 0 heterocycles. The van der Waals surface area contributed by atoms with Gasteiger partial charge in [0.2, 0.25) is 5.82 Å². The minimum absolute atomic E-state index is 0.254. The van der Waals surface area contributed by atoms with E-state index in [1.54, 1.807) is 19.9 Å². The summed E-state index contributed by atoms with van der Waals surface area (Å²) in [7, 11) is 0. The predicted molar refractivity (Wildman–Crippen MR) is 59.7 cm³/mol. The van der Waals surface area contributed by atoms with Crippen molar-refractivity contribution < 1.29 is 23.1 Å². The summed E-state index contributed by atoms with van der Waals surface area (Å²) < 4.78 is 39.3. The fraction of sp³-hybridized carbons (Fsp3) is 0.333. The highest BCUT2D eigenvalue weighted by molar-refractivity contribution is 5.95. The van der Waals surface area contributed by atoms with Crippen molar-refractivity contribution in [2.45, 2.75) is 19.9 Å². The van der Waals surface area contributed by atoms with Crippen molar-refractivity contribution in [1.82, 2.24) is 5.32 Å². The van der Waals surface area contributed by atoms with Gasteiger partial charge in [0.25, 0.3) is 5.91 Å². The number of phenolic OH excluding ortho intramolecular Hbond substituents is 1. The van der Waals surface area contributed by atoms with Crippen LogP contribution >= 0.6 is 0 Å². The van der Waals surface area contributed by atoms with Gasteiger partial charge in [-0.1, -0.05) is 13.8 Å². The molecule has 4 nitrogen and oxygen atoms in total. The molecule has 1 amide bonds. The maximum absolute atomic E-state index is 13.4. The summed E-state index contributed by atoms with van der Waals surface area (Å²) in [6.45, 7) is 3.29. The highest BCUT2D eigenvalue weighted by Crippen LogP contribution is 2.25. The van der Waals surface area contributed by atoms with Crippen LogP contribution in [0.3, 0.4) is 0 Å². The molecule has 19 heavy (non-hydrogen) atoms. The van der Waals surface area contributed by atoms with Crippen LogP contribution in [-0.2, 0) is 0 Å². The summed E-state index contributed by atoms with van der Waals surface area (Å²) in [6.07, 6.45) is 0. The van der Waals surface area contributed by atoms with Crippen molar-refractivity contribution in [1.29, 1.82) is 5.26 Å². The molecule has 1 aromatic carbocycles. The van der Waals surface area contributed by atoms with Crippen LogP contribution in [0.5, 0.6) is 5.75 Å². The fourth-order valence-electron chi connectivity index (χ4n) is 1.32. The van der Waals surface area contributed by atoms with Crippen LogP contribution < -0.4 is 5.32 Å². The van der Waals surface area contributed by atoms with Crippen molar-refractivity contribution in [2.75, 3.05) is 0 Å². The second-order valence-electron chi connectivity index (χ2n) is 4.21. The Labute approximate surface area is 107 Å². The van der Waals surface area contributed by atoms with E-state index in [4.69, 9.17) is 10.4 Å². The molecule has 1 atom stereocenters. The van der Waals surface area contributed by atoms with Gasteiger partial charge in [0.05, 0.1) is 11.6 Å². The zero-order valence-electron chi connectivity index (χ0n) is 10.2. The van der Waals surface area contributed by atoms with E-state index in [0.717, 1.165) is 0 Å². The van der Waals surface area contributed by atoms with Gasteiger partial charge >= 0.3 is 0 Å². The lowest BCUT2D eigenvalue weighted by Gasteiger charge is -2.15. The first kappa shape index (κ1) is 14.8. The van der Waals surface area contributed by atoms with Crippen LogP contribution in [0.1, 0.15) is 24.2 Å². The van der Waals surface area contributed by atoms with E-state index >= 15 is 0 Å². The third kappa shape index (κ3) is 2.96. The lowest BCUT2D eigenvalue weighted by molar-refractivity contribution is 0.0931.